The predicted octanol–water partition coefficient (Wildman–Crippen LogP) is 4.65. The quantitative estimate of drug-likeness (QED) is 0.588. The summed E-state index contributed by atoms with van der Waals surface area (Å²) in [7, 11) is 3.81. The van der Waals surface area contributed by atoms with Crippen LogP contribution in [0.4, 0.5) is 26.3 Å². The first-order chi connectivity index (χ1) is 14.4. The van der Waals surface area contributed by atoms with Crippen molar-refractivity contribution >= 4 is 10.9 Å². The number of aromatic amines is 1. The van der Waals surface area contributed by atoms with Gasteiger partial charge in [0.1, 0.15) is 11.3 Å². The van der Waals surface area contributed by atoms with Gasteiger partial charge in [-0.25, -0.2) is 4.98 Å². The van der Waals surface area contributed by atoms with E-state index in [-0.39, 0.29) is 34.2 Å². The first kappa shape index (κ1) is 22.2. The van der Waals surface area contributed by atoms with Gasteiger partial charge in [-0.2, -0.15) is 26.3 Å². The molecular formula is C19H14F6N2O4. The Bertz CT molecular complexity index is 1170. The molecule has 1 heterocycles. The molecule has 3 rings (SSSR count). The number of ether oxygens (including phenoxy) is 3. The number of hydrogen-bond donors (Lipinski definition) is 1. The molecule has 0 fully saturated rings. The average Bonchev–Trinajstić information content (AvgIpc) is 2.70. The number of alkyl halides is 6. The third kappa shape index (κ3) is 4.09. The minimum Gasteiger partial charge on any atom is -0.493 e. The molecule has 6 nitrogen and oxygen atoms in total. The molecule has 0 saturated heterocycles. The van der Waals surface area contributed by atoms with E-state index in [0.717, 1.165) is 0 Å². The molecule has 2 aromatic carbocycles. The van der Waals surface area contributed by atoms with Gasteiger partial charge >= 0.3 is 12.4 Å². The molecule has 0 atom stereocenters. The van der Waals surface area contributed by atoms with Crippen molar-refractivity contribution < 1.29 is 40.6 Å². The number of aromatic nitrogens is 2. The van der Waals surface area contributed by atoms with E-state index >= 15 is 0 Å². The minimum atomic E-state index is -5.05. The van der Waals surface area contributed by atoms with Crippen molar-refractivity contribution in [2.45, 2.75) is 12.4 Å². The van der Waals surface area contributed by atoms with E-state index in [2.05, 4.69) is 9.97 Å². The molecule has 0 bridgehead atoms. The SMILES string of the molecule is COc1cc2c(=O)[nH]c(-c3cc(C(F)(F)F)cc(C(F)(F)F)c3)nc2c(OC)c1OC. The van der Waals surface area contributed by atoms with E-state index < -0.39 is 40.4 Å². The first-order valence-corrected chi connectivity index (χ1v) is 8.43. The van der Waals surface area contributed by atoms with Crippen LogP contribution in [-0.4, -0.2) is 31.3 Å². The van der Waals surface area contributed by atoms with Crippen LogP contribution in [0.5, 0.6) is 17.2 Å². The summed E-state index contributed by atoms with van der Waals surface area (Å²) in [5, 5.41) is -0.0683. The number of rotatable bonds is 4. The molecule has 0 saturated carbocycles. The fraction of sp³-hybridized carbons (Fsp3) is 0.263. The summed E-state index contributed by atoms with van der Waals surface area (Å²) in [4.78, 5) is 18.8. The van der Waals surface area contributed by atoms with Crippen LogP contribution in [-0.2, 0) is 12.4 Å². The Morgan fingerprint density at radius 2 is 1.35 bits per heavy atom. The summed E-state index contributed by atoms with van der Waals surface area (Å²) in [6.45, 7) is 0. The van der Waals surface area contributed by atoms with Crippen LogP contribution in [0, 0.1) is 0 Å². The van der Waals surface area contributed by atoms with Crippen molar-refractivity contribution in [2.75, 3.05) is 21.3 Å². The molecule has 1 N–H and O–H groups in total. The Morgan fingerprint density at radius 3 is 1.81 bits per heavy atom. The zero-order chi connectivity index (χ0) is 23.1. The third-order valence-corrected chi connectivity index (χ3v) is 4.37. The monoisotopic (exact) mass is 448 g/mol. The van der Waals surface area contributed by atoms with Crippen LogP contribution >= 0.6 is 0 Å². The van der Waals surface area contributed by atoms with Gasteiger partial charge < -0.3 is 19.2 Å². The second kappa shape index (κ2) is 7.67. The lowest BCUT2D eigenvalue weighted by Crippen LogP contribution is -2.14. The van der Waals surface area contributed by atoms with Crippen LogP contribution in [0.25, 0.3) is 22.3 Å². The van der Waals surface area contributed by atoms with Crippen molar-refractivity contribution in [2.24, 2.45) is 0 Å². The highest BCUT2D eigenvalue weighted by molar-refractivity contribution is 5.90. The zero-order valence-electron chi connectivity index (χ0n) is 16.2. The maximum atomic E-state index is 13.2. The smallest absolute Gasteiger partial charge is 0.416 e. The minimum absolute atomic E-state index is 0.0167. The van der Waals surface area contributed by atoms with Crippen LogP contribution in [0.2, 0.25) is 0 Å². The summed E-state index contributed by atoms with van der Waals surface area (Å²) in [6, 6.07) is 2.18. The zero-order valence-corrected chi connectivity index (χ0v) is 16.2. The van der Waals surface area contributed by atoms with E-state index in [1.807, 2.05) is 0 Å². The number of nitrogens with one attached hydrogen (secondary N) is 1. The van der Waals surface area contributed by atoms with Crippen molar-refractivity contribution in [1.29, 1.82) is 0 Å². The third-order valence-electron chi connectivity index (χ3n) is 4.37. The first-order valence-electron chi connectivity index (χ1n) is 8.43. The van der Waals surface area contributed by atoms with E-state index in [1.54, 1.807) is 0 Å². The fourth-order valence-corrected chi connectivity index (χ4v) is 2.97. The van der Waals surface area contributed by atoms with Crippen molar-refractivity contribution in [3.8, 4) is 28.6 Å². The summed E-state index contributed by atoms with van der Waals surface area (Å²) in [6.07, 6.45) is -10.1. The van der Waals surface area contributed by atoms with Gasteiger partial charge in [-0.15, -0.1) is 0 Å². The number of methoxy groups -OCH3 is 3. The second-order valence-corrected chi connectivity index (χ2v) is 6.25. The number of fused-ring (bicyclic) bond motifs is 1. The number of benzene rings is 2. The van der Waals surface area contributed by atoms with Gasteiger partial charge in [0.25, 0.3) is 5.56 Å². The van der Waals surface area contributed by atoms with Crippen LogP contribution in [0.15, 0.2) is 29.1 Å². The lowest BCUT2D eigenvalue weighted by atomic mass is 10.0. The highest BCUT2D eigenvalue weighted by Crippen LogP contribution is 2.42. The van der Waals surface area contributed by atoms with Gasteiger partial charge in [0.15, 0.2) is 11.5 Å². The Kier molecular flexibility index (Phi) is 5.51. The standard InChI is InChI=1S/C19H14F6N2O4/c1-29-12-7-11-13(15(31-3)14(12)30-2)26-16(27-17(11)28)8-4-9(18(20,21)22)6-10(5-8)19(23,24)25/h4-7H,1-3H3,(H,26,27,28). The van der Waals surface area contributed by atoms with E-state index in [4.69, 9.17) is 14.2 Å². The Morgan fingerprint density at radius 1 is 0.806 bits per heavy atom. The van der Waals surface area contributed by atoms with Crippen LogP contribution < -0.4 is 19.8 Å². The van der Waals surface area contributed by atoms with Gasteiger partial charge in [-0.3, -0.25) is 4.79 Å². The fourth-order valence-electron chi connectivity index (χ4n) is 2.97. The number of H-pyrrole nitrogens is 1. The molecule has 166 valence electrons. The topological polar surface area (TPSA) is 73.4 Å². The average molecular weight is 448 g/mol. The summed E-state index contributed by atoms with van der Waals surface area (Å²) >= 11 is 0. The molecule has 0 spiro atoms. The maximum absolute atomic E-state index is 13.2. The predicted molar refractivity (Wildman–Crippen MR) is 97.5 cm³/mol. The molecule has 0 aliphatic carbocycles. The van der Waals surface area contributed by atoms with Gasteiger partial charge in [-0.05, 0) is 24.3 Å². The lowest BCUT2D eigenvalue weighted by molar-refractivity contribution is -0.143. The lowest BCUT2D eigenvalue weighted by Gasteiger charge is -2.16. The number of hydrogen-bond acceptors (Lipinski definition) is 5. The number of halogens is 6. The molecule has 0 radical (unpaired) electrons. The van der Waals surface area contributed by atoms with E-state index in [9.17, 15) is 31.1 Å². The van der Waals surface area contributed by atoms with Gasteiger partial charge in [0.05, 0.1) is 37.8 Å². The Labute approximate surface area is 170 Å². The van der Waals surface area contributed by atoms with E-state index in [1.165, 1.54) is 27.4 Å². The normalized spacial score (nSPS) is 12.2. The van der Waals surface area contributed by atoms with Gasteiger partial charge in [-0.1, -0.05) is 0 Å². The Balaban J connectivity index is 2.37. The molecule has 0 amide bonds. The molecule has 0 aliphatic rings. The van der Waals surface area contributed by atoms with Crippen LogP contribution in [0.1, 0.15) is 11.1 Å². The van der Waals surface area contributed by atoms with Gasteiger partial charge in [0, 0.05) is 5.56 Å². The molecule has 12 heteroatoms. The van der Waals surface area contributed by atoms with Crippen molar-refractivity contribution in [1.82, 2.24) is 9.97 Å². The van der Waals surface area contributed by atoms with Crippen LogP contribution in [0.3, 0.4) is 0 Å². The highest BCUT2D eigenvalue weighted by atomic mass is 19.4. The molecule has 3 aromatic rings. The van der Waals surface area contributed by atoms with Crippen molar-refractivity contribution in [3.05, 3.63) is 45.7 Å². The molecule has 0 unspecified atom stereocenters. The molecule has 0 aliphatic heterocycles. The van der Waals surface area contributed by atoms with Gasteiger partial charge in [0.2, 0.25) is 5.75 Å². The summed E-state index contributed by atoms with van der Waals surface area (Å²) in [5.74, 6) is -0.432. The maximum Gasteiger partial charge on any atom is 0.416 e. The second-order valence-electron chi connectivity index (χ2n) is 6.25. The summed E-state index contributed by atoms with van der Waals surface area (Å²) < 4.78 is 94.6. The number of nitrogens with zero attached hydrogens (tertiary/aromatic N) is 1. The molecule has 1 aromatic heterocycles. The highest BCUT2D eigenvalue weighted by Gasteiger charge is 2.37. The molecular weight excluding hydrogens is 434 g/mol. The van der Waals surface area contributed by atoms with E-state index in [0.29, 0.717) is 12.1 Å². The van der Waals surface area contributed by atoms with Crippen molar-refractivity contribution in [3.63, 3.8) is 0 Å². The largest absolute Gasteiger partial charge is 0.493 e. The molecule has 31 heavy (non-hydrogen) atoms. The summed E-state index contributed by atoms with van der Waals surface area (Å²) in [5.41, 5.74) is -4.63. The Hall–Kier alpha value is -3.44.